The van der Waals surface area contributed by atoms with Crippen molar-refractivity contribution >= 4 is 21.9 Å². The number of fused-ring (bicyclic) bond motifs is 1. The molecule has 2 unspecified atom stereocenters. The Hall–Kier alpha value is -2.53. The van der Waals surface area contributed by atoms with Gasteiger partial charge in [-0.15, -0.1) is 0 Å². The van der Waals surface area contributed by atoms with Gasteiger partial charge in [-0.2, -0.15) is 0 Å². The summed E-state index contributed by atoms with van der Waals surface area (Å²) in [6.45, 7) is 0. The smallest absolute Gasteiger partial charge is 0.319 e. The van der Waals surface area contributed by atoms with Crippen molar-refractivity contribution in [2.75, 3.05) is 12.4 Å². The second-order valence-corrected chi connectivity index (χ2v) is 8.79. The van der Waals surface area contributed by atoms with Crippen LogP contribution in [-0.2, 0) is 6.42 Å². The van der Waals surface area contributed by atoms with Gasteiger partial charge in [0.15, 0.2) is 0 Å². The van der Waals surface area contributed by atoms with Crippen molar-refractivity contribution in [1.82, 2.24) is 5.32 Å². The first-order chi connectivity index (χ1) is 12.8. The molecule has 2 atom stereocenters. The van der Waals surface area contributed by atoms with Crippen LogP contribution in [0.2, 0.25) is 0 Å². The van der Waals surface area contributed by atoms with Crippen LogP contribution in [0, 0.1) is 0 Å². The zero-order valence-corrected chi connectivity index (χ0v) is 15.3. The van der Waals surface area contributed by atoms with Crippen molar-refractivity contribution in [1.29, 1.82) is 0 Å². The molecule has 0 spiro atoms. The molecule has 2 amide bonds. The van der Waals surface area contributed by atoms with E-state index in [1.54, 1.807) is 24.3 Å². The van der Waals surface area contributed by atoms with Crippen LogP contribution in [0.3, 0.4) is 0 Å². The van der Waals surface area contributed by atoms with E-state index < -0.39 is 39.0 Å². The molecule has 2 aromatic rings. The topological polar surface area (TPSA) is 70.6 Å². The van der Waals surface area contributed by atoms with Gasteiger partial charge in [-0.1, -0.05) is 43.7 Å². The number of halogens is 5. The average Bonchev–Trinajstić information content (AvgIpc) is 2.88. The Morgan fingerprint density at radius 1 is 1.14 bits per heavy atom. The summed E-state index contributed by atoms with van der Waals surface area (Å²) in [5.74, 6) is -0.229. The van der Waals surface area contributed by atoms with Gasteiger partial charge in [0, 0.05) is 6.42 Å². The summed E-state index contributed by atoms with van der Waals surface area (Å²) in [4.78, 5) is 10.1. The van der Waals surface area contributed by atoms with E-state index >= 15 is 0 Å². The third-order valence-corrected chi connectivity index (χ3v) is 5.50. The predicted molar refractivity (Wildman–Crippen MR) is 95.4 cm³/mol. The molecule has 0 heterocycles. The molecule has 28 heavy (non-hydrogen) atoms. The summed E-state index contributed by atoms with van der Waals surface area (Å²) in [6.07, 6.45) is -0.634. The molecule has 0 aromatic heterocycles. The van der Waals surface area contributed by atoms with E-state index in [1.165, 1.54) is 0 Å². The van der Waals surface area contributed by atoms with Gasteiger partial charge >= 0.3 is 16.3 Å². The molecule has 1 aliphatic carbocycles. The van der Waals surface area contributed by atoms with Gasteiger partial charge in [0.2, 0.25) is 0 Å². The Bertz CT molecular complexity index is 937. The van der Waals surface area contributed by atoms with Crippen LogP contribution < -0.4 is 15.4 Å². The lowest BCUT2D eigenvalue weighted by Gasteiger charge is -2.40. The maximum atomic E-state index is 13.0. The maximum Gasteiger partial charge on any atom is 0.319 e. The summed E-state index contributed by atoms with van der Waals surface area (Å²) in [5, 5.41) is 14.7. The fourth-order valence-electron chi connectivity index (χ4n) is 3.07. The van der Waals surface area contributed by atoms with Crippen LogP contribution in [0.5, 0.6) is 5.75 Å². The number of methoxy groups -OCH3 is 1. The van der Waals surface area contributed by atoms with Crippen molar-refractivity contribution in [3.05, 3.63) is 53.6 Å². The van der Waals surface area contributed by atoms with Gasteiger partial charge in [0.1, 0.15) is 10.6 Å². The standard InChI is InChI=1S/C17H17F5N2O3S/c1-27-15-7-6-11(28(18,19,20,21)22)9-13(15)23-17(26)24-16-12-5-3-2-4-10(12)8-14(16)25/h2-7,9,14,16,25H,8H2,1H3,(H2,23,24,26). The van der Waals surface area contributed by atoms with E-state index in [0.29, 0.717) is 18.1 Å². The number of nitrogens with one attached hydrogen (secondary N) is 2. The van der Waals surface area contributed by atoms with E-state index in [4.69, 9.17) is 4.74 Å². The SMILES string of the molecule is COc1ccc(S(F)(F)(F)(F)F)cc1NC(=O)NC1c2ccccc2CC1O. The minimum Gasteiger partial charge on any atom is -0.495 e. The second-order valence-electron chi connectivity index (χ2n) is 6.38. The fraction of sp³-hybridized carbons (Fsp3) is 0.235. The number of anilines is 1. The summed E-state index contributed by atoms with van der Waals surface area (Å²) < 4.78 is 70.0. The lowest BCUT2D eigenvalue weighted by Crippen LogP contribution is -2.36. The van der Waals surface area contributed by atoms with Crippen molar-refractivity contribution in [3.63, 3.8) is 0 Å². The van der Waals surface area contributed by atoms with E-state index in [1.807, 2.05) is 0 Å². The minimum absolute atomic E-state index is 0.124. The van der Waals surface area contributed by atoms with E-state index in [9.17, 15) is 29.3 Å². The number of hydrogen-bond acceptors (Lipinski definition) is 3. The second kappa shape index (κ2) is 5.98. The first-order valence-corrected chi connectivity index (χ1v) is 9.99. The number of benzene rings is 2. The van der Waals surface area contributed by atoms with Crippen LogP contribution in [0.1, 0.15) is 17.2 Å². The van der Waals surface area contributed by atoms with Crippen LogP contribution >= 0.6 is 10.2 Å². The van der Waals surface area contributed by atoms with E-state index in [-0.39, 0.29) is 17.9 Å². The molecule has 154 valence electrons. The molecule has 5 nitrogen and oxygen atoms in total. The molecule has 0 aliphatic heterocycles. The molecule has 0 radical (unpaired) electrons. The molecule has 0 saturated carbocycles. The third-order valence-electron chi connectivity index (χ3n) is 4.36. The van der Waals surface area contributed by atoms with Crippen molar-refractivity contribution in [3.8, 4) is 5.75 Å². The molecule has 11 heteroatoms. The lowest BCUT2D eigenvalue weighted by molar-refractivity contribution is 0.144. The minimum atomic E-state index is -9.93. The summed E-state index contributed by atoms with van der Waals surface area (Å²) in [7, 11) is -8.81. The Labute approximate surface area is 157 Å². The molecule has 3 N–H and O–H groups in total. The fourth-order valence-corrected chi connectivity index (χ4v) is 3.74. The maximum absolute atomic E-state index is 13.0. The molecule has 0 bridgehead atoms. The highest BCUT2D eigenvalue weighted by atomic mass is 32.5. The molecular weight excluding hydrogens is 407 g/mol. The van der Waals surface area contributed by atoms with Crippen molar-refractivity contribution in [2.24, 2.45) is 0 Å². The lowest BCUT2D eigenvalue weighted by atomic mass is 10.1. The number of carbonyl (C=O) groups is 1. The van der Waals surface area contributed by atoms with Gasteiger partial charge in [-0.3, -0.25) is 0 Å². The number of urea groups is 1. The first kappa shape index (κ1) is 20.2. The van der Waals surface area contributed by atoms with Gasteiger partial charge < -0.3 is 20.5 Å². The summed E-state index contributed by atoms with van der Waals surface area (Å²) in [5.41, 5.74) is 0.908. The van der Waals surface area contributed by atoms with Gasteiger partial charge in [-0.25, -0.2) is 4.79 Å². The normalized spacial score (nSPS) is 21.2. The van der Waals surface area contributed by atoms with Crippen LogP contribution in [0.4, 0.5) is 29.9 Å². The first-order valence-electron chi connectivity index (χ1n) is 8.04. The zero-order valence-electron chi connectivity index (χ0n) is 14.5. The molecule has 0 saturated heterocycles. The van der Waals surface area contributed by atoms with Crippen molar-refractivity contribution in [2.45, 2.75) is 23.5 Å². The number of amides is 2. The Kier molecular flexibility index (Phi) is 4.32. The largest absolute Gasteiger partial charge is 0.495 e. The number of aliphatic hydroxyl groups excluding tert-OH is 1. The molecular formula is C17H17F5N2O3S. The van der Waals surface area contributed by atoms with Gasteiger partial charge in [-0.05, 0) is 29.3 Å². The highest BCUT2D eigenvalue weighted by molar-refractivity contribution is 8.45. The van der Waals surface area contributed by atoms with Crippen LogP contribution in [0.25, 0.3) is 0 Å². The van der Waals surface area contributed by atoms with Gasteiger partial charge in [0.05, 0.1) is 24.9 Å². The monoisotopic (exact) mass is 424 g/mol. The van der Waals surface area contributed by atoms with Crippen molar-refractivity contribution < 1.29 is 34.1 Å². The quantitative estimate of drug-likeness (QED) is 0.596. The Balaban J connectivity index is 1.85. The van der Waals surface area contributed by atoms with E-state index in [0.717, 1.165) is 12.7 Å². The Morgan fingerprint density at radius 3 is 2.46 bits per heavy atom. The Morgan fingerprint density at radius 2 is 1.82 bits per heavy atom. The molecule has 1 aliphatic rings. The van der Waals surface area contributed by atoms with Crippen LogP contribution in [0.15, 0.2) is 47.4 Å². The number of aliphatic hydroxyl groups is 1. The molecule has 0 fully saturated rings. The molecule has 2 aromatic carbocycles. The number of carbonyl (C=O) groups excluding carboxylic acids is 1. The van der Waals surface area contributed by atoms with E-state index in [2.05, 4.69) is 10.6 Å². The predicted octanol–water partition coefficient (Wildman–Crippen LogP) is 5.13. The average molecular weight is 424 g/mol. The number of rotatable bonds is 4. The number of hydrogen-bond donors (Lipinski definition) is 3. The number of ether oxygens (including phenoxy) is 1. The third kappa shape index (κ3) is 4.14. The summed E-state index contributed by atoms with van der Waals surface area (Å²) >= 11 is 0. The highest BCUT2D eigenvalue weighted by Gasteiger charge is 2.65. The van der Waals surface area contributed by atoms with Crippen LogP contribution in [-0.4, -0.2) is 24.4 Å². The zero-order chi connectivity index (χ0) is 20.8. The summed E-state index contributed by atoms with van der Waals surface area (Å²) in [6, 6.07) is 6.21. The highest BCUT2D eigenvalue weighted by Crippen LogP contribution is 3.02. The molecule has 3 rings (SSSR count). The van der Waals surface area contributed by atoms with Gasteiger partial charge in [0.25, 0.3) is 0 Å².